The maximum atomic E-state index is 5.38. The maximum absolute atomic E-state index is 5.38. The van der Waals surface area contributed by atoms with Crippen LogP contribution < -0.4 is 0 Å². The van der Waals surface area contributed by atoms with E-state index in [4.69, 9.17) is 18.9 Å². The highest BCUT2D eigenvalue weighted by Gasteiger charge is 2.12. The Hall–Kier alpha value is -0.530. The number of hydrogen-bond acceptors (Lipinski definition) is 6. The van der Waals surface area contributed by atoms with E-state index in [-0.39, 0.29) is 6.29 Å². The summed E-state index contributed by atoms with van der Waals surface area (Å²) in [6.07, 6.45) is 0.420. The molecule has 1 rings (SSSR count). The van der Waals surface area contributed by atoms with Crippen LogP contribution in [0.1, 0.15) is 17.0 Å². The van der Waals surface area contributed by atoms with E-state index in [0.29, 0.717) is 19.8 Å². The number of thiazole rings is 1. The van der Waals surface area contributed by atoms with Crippen LogP contribution in [-0.4, -0.2) is 46.1 Å². The Kier molecular flexibility index (Phi) is 7.30. The minimum Gasteiger partial charge on any atom is -0.382 e. The fourth-order valence-corrected chi connectivity index (χ4v) is 2.07. The van der Waals surface area contributed by atoms with E-state index in [1.807, 2.05) is 5.38 Å². The summed E-state index contributed by atoms with van der Waals surface area (Å²) in [5.74, 6) is 0. The van der Waals surface area contributed by atoms with Crippen molar-refractivity contribution in [3.8, 4) is 0 Å². The first-order valence-corrected chi connectivity index (χ1v) is 6.26. The molecule has 0 spiro atoms. The molecule has 0 atom stereocenters. The molecule has 1 aromatic heterocycles. The second kappa shape index (κ2) is 8.54. The number of nitrogens with zero attached hydrogens (tertiary/aromatic N) is 1. The van der Waals surface area contributed by atoms with Crippen LogP contribution in [-0.2, 0) is 25.4 Å². The largest absolute Gasteiger partial charge is 0.382 e. The zero-order valence-electron chi connectivity index (χ0n) is 10.5. The summed E-state index contributed by atoms with van der Waals surface area (Å²) in [6, 6.07) is 0. The zero-order valence-corrected chi connectivity index (χ0v) is 11.3. The minimum absolute atomic E-state index is 0.380. The lowest BCUT2D eigenvalue weighted by Crippen LogP contribution is -2.06. The summed E-state index contributed by atoms with van der Waals surface area (Å²) in [5, 5.41) is 2.97. The fraction of sp³-hybridized carbons (Fsp3) is 0.727. The van der Waals surface area contributed by atoms with E-state index in [1.165, 1.54) is 0 Å². The lowest BCUT2D eigenvalue weighted by molar-refractivity contribution is -0.108. The molecule has 17 heavy (non-hydrogen) atoms. The standard InChI is InChI=1S/C11H19NO4S/c1-13-6-7-16-5-4-10-12-9(8-17-10)11(14-2)15-3/h8,11H,4-7H2,1-3H3. The molecule has 0 amide bonds. The van der Waals surface area contributed by atoms with Crippen molar-refractivity contribution >= 4 is 11.3 Å². The second-order valence-corrected chi connectivity index (χ2v) is 4.27. The lowest BCUT2D eigenvalue weighted by Gasteiger charge is -2.09. The molecule has 0 bridgehead atoms. The van der Waals surface area contributed by atoms with Crippen molar-refractivity contribution in [3.05, 3.63) is 16.1 Å². The Morgan fingerprint density at radius 3 is 2.59 bits per heavy atom. The SMILES string of the molecule is COCCOCCc1nc(C(OC)OC)cs1. The van der Waals surface area contributed by atoms with Gasteiger partial charge in [0.2, 0.25) is 6.29 Å². The molecule has 0 N–H and O–H groups in total. The van der Waals surface area contributed by atoms with Crippen LogP contribution in [0.3, 0.4) is 0 Å². The molecule has 5 nitrogen and oxygen atoms in total. The van der Waals surface area contributed by atoms with E-state index in [1.54, 1.807) is 32.7 Å². The quantitative estimate of drug-likeness (QED) is 0.499. The highest BCUT2D eigenvalue weighted by molar-refractivity contribution is 7.09. The zero-order chi connectivity index (χ0) is 12.5. The van der Waals surface area contributed by atoms with Crippen LogP contribution in [0.4, 0.5) is 0 Å². The molecular weight excluding hydrogens is 242 g/mol. The van der Waals surface area contributed by atoms with Gasteiger partial charge in [-0.2, -0.15) is 0 Å². The van der Waals surface area contributed by atoms with Gasteiger partial charge in [0.25, 0.3) is 0 Å². The van der Waals surface area contributed by atoms with Crippen LogP contribution in [0.25, 0.3) is 0 Å². The van der Waals surface area contributed by atoms with E-state index in [2.05, 4.69) is 4.98 Å². The molecule has 0 saturated heterocycles. The molecule has 0 radical (unpaired) electrons. The van der Waals surface area contributed by atoms with Crippen molar-refractivity contribution in [2.24, 2.45) is 0 Å². The van der Waals surface area contributed by atoms with Gasteiger partial charge in [-0.05, 0) is 0 Å². The number of ether oxygens (including phenoxy) is 4. The predicted molar refractivity (Wildman–Crippen MR) is 65.3 cm³/mol. The Morgan fingerprint density at radius 2 is 1.94 bits per heavy atom. The minimum atomic E-state index is -0.380. The van der Waals surface area contributed by atoms with E-state index >= 15 is 0 Å². The Balaban J connectivity index is 2.30. The van der Waals surface area contributed by atoms with Gasteiger partial charge in [0.05, 0.1) is 24.8 Å². The smallest absolute Gasteiger partial charge is 0.201 e. The molecule has 0 aliphatic carbocycles. The third kappa shape index (κ3) is 5.10. The van der Waals surface area contributed by atoms with E-state index in [9.17, 15) is 0 Å². The molecule has 98 valence electrons. The molecule has 1 aromatic rings. The fourth-order valence-electron chi connectivity index (χ4n) is 1.29. The van der Waals surface area contributed by atoms with Gasteiger partial charge in [0.15, 0.2) is 0 Å². The second-order valence-electron chi connectivity index (χ2n) is 3.32. The van der Waals surface area contributed by atoms with Gasteiger partial charge in [-0.25, -0.2) is 4.98 Å². The molecule has 0 aromatic carbocycles. The average Bonchev–Trinajstić information content (AvgIpc) is 2.79. The Morgan fingerprint density at radius 1 is 1.18 bits per heavy atom. The van der Waals surface area contributed by atoms with E-state index in [0.717, 1.165) is 17.1 Å². The number of methoxy groups -OCH3 is 3. The van der Waals surface area contributed by atoms with Crippen molar-refractivity contribution in [2.45, 2.75) is 12.7 Å². The first-order chi connectivity index (χ1) is 8.31. The summed E-state index contributed by atoms with van der Waals surface area (Å²) in [4.78, 5) is 4.43. The van der Waals surface area contributed by atoms with Gasteiger partial charge in [0, 0.05) is 33.1 Å². The number of rotatable bonds is 9. The molecule has 0 aliphatic heterocycles. The third-order valence-electron chi connectivity index (χ3n) is 2.13. The number of hydrogen-bond donors (Lipinski definition) is 0. The predicted octanol–water partition coefficient (Wildman–Crippen LogP) is 1.64. The summed E-state index contributed by atoms with van der Waals surface area (Å²) in [6.45, 7) is 1.90. The summed E-state index contributed by atoms with van der Waals surface area (Å²) in [7, 11) is 4.86. The van der Waals surface area contributed by atoms with Gasteiger partial charge in [-0.1, -0.05) is 0 Å². The first-order valence-electron chi connectivity index (χ1n) is 5.38. The molecule has 0 saturated carbocycles. The van der Waals surface area contributed by atoms with Gasteiger partial charge in [-0.3, -0.25) is 0 Å². The van der Waals surface area contributed by atoms with Crippen LogP contribution >= 0.6 is 11.3 Å². The van der Waals surface area contributed by atoms with E-state index < -0.39 is 0 Å². The van der Waals surface area contributed by atoms with Gasteiger partial charge in [0.1, 0.15) is 5.69 Å². The Labute approximate surface area is 106 Å². The molecule has 0 unspecified atom stereocenters. The van der Waals surface area contributed by atoms with Crippen molar-refractivity contribution < 1.29 is 18.9 Å². The lowest BCUT2D eigenvalue weighted by atomic mass is 10.4. The molecule has 0 aliphatic rings. The normalized spacial score (nSPS) is 11.3. The summed E-state index contributed by atoms with van der Waals surface area (Å²) >= 11 is 1.59. The van der Waals surface area contributed by atoms with Crippen molar-refractivity contribution in [1.82, 2.24) is 4.98 Å². The molecule has 1 heterocycles. The Bertz CT molecular complexity index is 301. The third-order valence-corrected chi connectivity index (χ3v) is 3.06. The van der Waals surface area contributed by atoms with Crippen LogP contribution in [0.2, 0.25) is 0 Å². The first kappa shape index (κ1) is 14.5. The van der Waals surface area contributed by atoms with Crippen LogP contribution in [0.5, 0.6) is 0 Å². The summed E-state index contributed by atoms with van der Waals surface area (Å²) in [5.41, 5.74) is 0.812. The van der Waals surface area contributed by atoms with Crippen LogP contribution in [0.15, 0.2) is 5.38 Å². The number of aromatic nitrogens is 1. The maximum Gasteiger partial charge on any atom is 0.201 e. The van der Waals surface area contributed by atoms with Gasteiger partial charge in [-0.15, -0.1) is 11.3 Å². The topological polar surface area (TPSA) is 49.8 Å². The highest BCUT2D eigenvalue weighted by Crippen LogP contribution is 2.20. The van der Waals surface area contributed by atoms with Gasteiger partial charge < -0.3 is 18.9 Å². The monoisotopic (exact) mass is 261 g/mol. The molecular formula is C11H19NO4S. The van der Waals surface area contributed by atoms with Crippen molar-refractivity contribution in [1.29, 1.82) is 0 Å². The van der Waals surface area contributed by atoms with Gasteiger partial charge >= 0.3 is 0 Å². The molecule has 6 heteroatoms. The average molecular weight is 261 g/mol. The van der Waals surface area contributed by atoms with Crippen LogP contribution in [0, 0.1) is 0 Å². The molecule has 0 fully saturated rings. The van der Waals surface area contributed by atoms with Crippen molar-refractivity contribution in [2.75, 3.05) is 41.2 Å². The highest BCUT2D eigenvalue weighted by atomic mass is 32.1. The van der Waals surface area contributed by atoms with Crippen molar-refractivity contribution in [3.63, 3.8) is 0 Å². The summed E-state index contributed by atoms with van der Waals surface area (Å²) < 4.78 is 20.5.